The minimum atomic E-state index is -0.600. The number of aromatic nitrogens is 2. The minimum absolute atomic E-state index is 0.0146. The van der Waals surface area contributed by atoms with Gasteiger partial charge in [-0.05, 0) is 55.5 Å². The predicted octanol–water partition coefficient (Wildman–Crippen LogP) is 3.86. The van der Waals surface area contributed by atoms with Gasteiger partial charge in [0, 0.05) is 16.9 Å². The maximum absolute atomic E-state index is 11.7. The second-order valence-corrected chi connectivity index (χ2v) is 6.13. The molecule has 0 fully saturated rings. The number of carbonyl (C=O) groups excluding carboxylic acids is 2. The van der Waals surface area contributed by atoms with E-state index in [9.17, 15) is 19.7 Å². The lowest BCUT2D eigenvalue weighted by Gasteiger charge is -2.10. The van der Waals surface area contributed by atoms with Gasteiger partial charge in [0.25, 0.3) is 0 Å². The van der Waals surface area contributed by atoms with Gasteiger partial charge in [0.1, 0.15) is 6.33 Å². The quantitative estimate of drug-likeness (QED) is 0.259. The highest BCUT2D eigenvalue weighted by Gasteiger charge is 2.23. The third kappa shape index (κ3) is 4.55. The number of nitrogens with zero attached hydrogens (tertiary/aromatic N) is 3. The minimum Gasteiger partial charge on any atom is -0.465 e. The van der Waals surface area contributed by atoms with Gasteiger partial charge in [0.05, 0.1) is 17.6 Å². The number of rotatable bonds is 7. The summed E-state index contributed by atoms with van der Waals surface area (Å²) in [7, 11) is 1.28. The van der Waals surface area contributed by atoms with Gasteiger partial charge in [-0.1, -0.05) is 0 Å². The first-order valence-electron chi connectivity index (χ1n) is 8.72. The summed E-state index contributed by atoms with van der Waals surface area (Å²) < 4.78 is 4.64. The smallest absolute Gasteiger partial charge is 0.353 e. The largest absolute Gasteiger partial charge is 0.465 e. The van der Waals surface area contributed by atoms with Crippen LogP contribution < -0.4 is 10.6 Å². The van der Waals surface area contributed by atoms with Crippen molar-refractivity contribution in [2.24, 2.45) is 0 Å². The van der Waals surface area contributed by atoms with Crippen LogP contribution in [-0.4, -0.2) is 33.8 Å². The Morgan fingerprint density at radius 2 is 1.37 bits per heavy atom. The summed E-state index contributed by atoms with van der Waals surface area (Å²) in [5.41, 5.74) is 1.52. The SMILES string of the molecule is COC(=O)c1ccc(Nc2ncnc(Nc3ccc(C(C)=O)cc3)c2[N+](=O)[O-])cc1. The molecule has 0 aliphatic rings. The third-order valence-corrected chi connectivity index (χ3v) is 4.13. The number of nitro groups is 1. The lowest BCUT2D eigenvalue weighted by Crippen LogP contribution is -2.06. The number of nitrogens with one attached hydrogen (secondary N) is 2. The monoisotopic (exact) mass is 407 g/mol. The third-order valence-electron chi connectivity index (χ3n) is 4.13. The summed E-state index contributed by atoms with van der Waals surface area (Å²) in [5.74, 6) is -0.612. The first-order chi connectivity index (χ1) is 14.4. The molecule has 0 aliphatic carbocycles. The van der Waals surface area contributed by atoms with Gasteiger partial charge in [-0.3, -0.25) is 14.9 Å². The van der Waals surface area contributed by atoms with E-state index in [0.29, 0.717) is 22.5 Å². The summed E-state index contributed by atoms with van der Waals surface area (Å²) in [5, 5.41) is 17.4. The first-order valence-corrected chi connectivity index (χ1v) is 8.72. The number of ether oxygens (including phenoxy) is 1. The van der Waals surface area contributed by atoms with Gasteiger partial charge in [-0.2, -0.15) is 0 Å². The van der Waals surface area contributed by atoms with Crippen LogP contribution in [0.1, 0.15) is 27.6 Å². The number of Topliss-reactive ketones (excluding diaryl/α,β-unsaturated/α-hetero) is 1. The molecule has 3 aromatic rings. The molecule has 0 saturated carbocycles. The van der Waals surface area contributed by atoms with Crippen molar-refractivity contribution in [2.75, 3.05) is 17.7 Å². The zero-order valence-corrected chi connectivity index (χ0v) is 16.1. The van der Waals surface area contributed by atoms with E-state index in [1.807, 2.05) is 0 Å². The number of esters is 1. The summed E-state index contributed by atoms with van der Waals surface area (Å²) in [6.07, 6.45) is 1.18. The van der Waals surface area contributed by atoms with Crippen LogP contribution in [-0.2, 0) is 4.74 Å². The summed E-state index contributed by atoms with van der Waals surface area (Å²) in [6, 6.07) is 12.7. The molecule has 0 aliphatic heterocycles. The van der Waals surface area contributed by atoms with Crippen LogP contribution in [0.4, 0.5) is 28.7 Å². The maximum Gasteiger partial charge on any atom is 0.353 e. The average Bonchev–Trinajstić information content (AvgIpc) is 2.74. The van der Waals surface area contributed by atoms with Crippen LogP contribution >= 0.6 is 0 Å². The van der Waals surface area contributed by atoms with Gasteiger partial charge in [-0.15, -0.1) is 0 Å². The molecule has 0 unspecified atom stereocenters. The highest BCUT2D eigenvalue weighted by atomic mass is 16.6. The van der Waals surface area contributed by atoms with E-state index >= 15 is 0 Å². The number of methoxy groups -OCH3 is 1. The Balaban J connectivity index is 1.88. The van der Waals surface area contributed by atoms with Gasteiger partial charge in [0.2, 0.25) is 11.6 Å². The van der Waals surface area contributed by atoms with Crippen molar-refractivity contribution in [2.45, 2.75) is 6.92 Å². The molecule has 10 nitrogen and oxygen atoms in total. The maximum atomic E-state index is 11.7. The van der Waals surface area contributed by atoms with Gasteiger partial charge in [-0.25, -0.2) is 14.8 Å². The van der Waals surface area contributed by atoms with Gasteiger partial charge >= 0.3 is 11.7 Å². The summed E-state index contributed by atoms with van der Waals surface area (Å²) >= 11 is 0. The molecule has 0 bridgehead atoms. The molecule has 2 aromatic carbocycles. The Kier molecular flexibility index (Phi) is 5.97. The number of anilines is 4. The molecule has 0 amide bonds. The fraction of sp³-hybridized carbons (Fsp3) is 0.100. The number of carbonyl (C=O) groups is 2. The van der Waals surface area contributed by atoms with Crippen LogP contribution in [0, 0.1) is 10.1 Å². The molecule has 0 saturated heterocycles. The molecular weight excluding hydrogens is 390 g/mol. The van der Waals surface area contributed by atoms with E-state index in [1.165, 1.54) is 32.5 Å². The van der Waals surface area contributed by atoms with Crippen LogP contribution in [0.2, 0.25) is 0 Å². The van der Waals surface area contributed by atoms with Crippen molar-refractivity contribution in [3.8, 4) is 0 Å². The molecule has 10 heteroatoms. The van der Waals surface area contributed by atoms with Crippen molar-refractivity contribution < 1.29 is 19.2 Å². The molecule has 0 atom stereocenters. The van der Waals surface area contributed by atoms with E-state index in [1.54, 1.807) is 36.4 Å². The fourth-order valence-corrected chi connectivity index (χ4v) is 2.60. The highest BCUT2D eigenvalue weighted by molar-refractivity contribution is 5.94. The van der Waals surface area contributed by atoms with E-state index in [0.717, 1.165) is 0 Å². The number of benzene rings is 2. The lowest BCUT2D eigenvalue weighted by atomic mass is 10.1. The Labute approximate surface area is 171 Å². The van der Waals surface area contributed by atoms with E-state index in [4.69, 9.17) is 0 Å². The average molecular weight is 407 g/mol. The van der Waals surface area contributed by atoms with E-state index in [-0.39, 0.29) is 23.1 Å². The zero-order valence-electron chi connectivity index (χ0n) is 16.1. The van der Waals surface area contributed by atoms with Crippen molar-refractivity contribution in [3.05, 3.63) is 76.1 Å². The van der Waals surface area contributed by atoms with Crippen molar-refractivity contribution in [1.82, 2.24) is 9.97 Å². The van der Waals surface area contributed by atoms with Crippen molar-refractivity contribution in [1.29, 1.82) is 0 Å². The molecule has 1 heterocycles. The molecule has 0 spiro atoms. The van der Waals surface area contributed by atoms with Crippen molar-refractivity contribution >= 4 is 40.5 Å². The molecule has 1 aromatic heterocycles. The second-order valence-electron chi connectivity index (χ2n) is 6.13. The predicted molar refractivity (Wildman–Crippen MR) is 109 cm³/mol. The Bertz CT molecular complexity index is 1100. The Morgan fingerprint density at radius 1 is 0.900 bits per heavy atom. The standard InChI is InChI=1S/C20H17N5O5/c1-12(26)13-3-7-15(8-4-13)23-18-17(25(28)29)19(22-11-21-18)24-16-9-5-14(6-10-16)20(27)30-2/h3-11H,1-2H3,(H2,21,22,23,24). The van der Waals surface area contributed by atoms with Crippen LogP contribution in [0.5, 0.6) is 0 Å². The molecular formula is C20H17N5O5. The molecule has 0 radical (unpaired) electrons. The van der Waals surface area contributed by atoms with E-state index in [2.05, 4.69) is 25.3 Å². The number of hydrogen-bond acceptors (Lipinski definition) is 9. The molecule has 2 N–H and O–H groups in total. The first kappa shape index (κ1) is 20.4. The highest BCUT2D eigenvalue weighted by Crippen LogP contribution is 2.33. The summed E-state index contributed by atoms with van der Waals surface area (Å²) in [6.45, 7) is 1.45. The van der Waals surface area contributed by atoms with Gasteiger partial charge < -0.3 is 15.4 Å². The van der Waals surface area contributed by atoms with E-state index < -0.39 is 10.9 Å². The topological polar surface area (TPSA) is 136 Å². The zero-order chi connectivity index (χ0) is 21.7. The fourth-order valence-electron chi connectivity index (χ4n) is 2.60. The molecule has 152 valence electrons. The van der Waals surface area contributed by atoms with Crippen LogP contribution in [0.15, 0.2) is 54.9 Å². The van der Waals surface area contributed by atoms with Crippen LogP contribution in [0.25, 0.3) is 0 Å². The lowest BCUT2D eigenvalue weighted by molar-refractivity contribution is -0.383. The second kappa shape index (κ2) is 8.78. The Hall–Kier alpha value is -4.34. The van der Waals surface area contributed by atoms with Gasteiger partial charge in [0.15, 0.2) is 5.78 Å². The van der Waals surface area contributed by atoms with Crippen molar-refractivity contribution in [3.63, 3.8) is 0 Å². The van der Waals surface area contributed by atoms with Crippen LogP contribution in [0.3, 0.4) is 0 Å². The normalized spacial score (nSPS) is 10.2. The molecule has 30 heavy (non-hydrogen) atoms. The Morgan fingerprint density at radius 3 is 1.77 bits per heavy atom. The number of hydrogen-bond donors (Lipinski definition) is 2. The number of ketones is 1. The summed E-state index contributed by atoms with van der Waals surface area (Å²) in [4.78, 5) is 41.9. The molecule has 3 rings (SSSR count).